The van der Waals surface area contributed by atoms with Gasteiger partial charge in [0.25, 0.3) is 0 Å². The molecular weight excluding hydrogens is 336 g/mol. The zero-order chi connectivity index (χ0) is 18.5. The van der Waals surface area contributed by atoms with Crippen LogP contribution in [-0.4, -0.2) is 16.9 Å². The van der Waals surface area contributed by atoms with Crippen LogP contribution in [0.5, 0.6) is 0 Å². The number of carbonyl (C=O) groups is 1. The van der Waals surface area contributed by atoms with Gasteiger partial charge in [-0.1, -0.05) is 30.4 Å². The molecule has 1 amide bonds. The average Bonchev–Trinajstić information content (AvgIpc) is 3.11. The van der Waals surface area contributed by atoms with Gasteiger partial charge in [-0.3, -0.25) is 9.78 Å². The number of anilines is 3. The number of hydrogen-bond donors (Lipinski definition) is 3. The van der Waals surface area contributed by atoms with Gasteiger partial charge in [-0.25, -0.2) is 0 Å². The van der Waals surface area contributed by atoms with Gasteiger partial charge in [-0.05, 0) is 48.5 Å². The van der Waals surface area contributed by atoms with Gasteiger partial charge in [0, 0.05) is 41.8 Å². The number of hydrogen-bond acceptors (Lipinski definition) is 4. The maximum atomic E-state index is 12.4. The van der Waals surface area contributed by atoms with Gasteiger partial charge >= 0.3 is 0 Å². The molecule has 2 unspecified atom stereocenters. The van der Waals surface area contributed by atoms with Crippen LogP contribution in [0.25, 0.3) is 0 Å². The molecule has 0 saturated heterocycles. The van der Waals surface area contributed by atoms with Gasteiger partial charge in [-0.15, -0.1) is 0 Å². The quantitative estimate of drug-likeness (QED) is 0.726. The molecule has 1 aromatic carbocycles. The van der Waals surface area contributed by atoms with Crippen molar-refractivity contribution in [2.24, 2.45) is 5.92 Å². The molecule has 0 bridgehead atoms. The predicted octanol–water partition coefficient (Wildman–Crippen LogP) is 4.14. The predicted molar refractivity (Wildman–Crippen MR) is 109 cm³/mol. The molecule has 5 nitrogen and oxygen atoms in total. The normalized spacial score (nSPS) is 19.8. The molecule has 3 N–H and O–H groups in total. The zero-order valence-corrected chi connectivity index (χ0v) is 14.9. The Morgan fingerprint density at radius 2 is 1.85 bits per heavy atom. The molecule has 4 rings (SSSR count). The third-order valence-corrected chi connectivity index (χ3v) is 4.78. The summed E-state index contributed by atoms with van der Waals surface area (Å²) in [5.41, 5.74) is 3.95. The van der Waals surface area contributed by atoms with Crippen molar-refractivity contribution in [1.82, 2.24) is 10.3 Å². The topological polar surface area (TPSA) is 66.1 Å². The highest BCUT2D eigenvalue weighted by molar-refractivity contribution is 5.91. The summed E-state index contributed by atoms with van der Waals surface area (Å²) >= 11 is 0. The van der Waals surface area contributed by atoms with Crippen molar-refractivity contribution in [3.63, 3.8) is 0 Å². The Morgan fingerprint density at radius 3 is 2.74 bits per heavy atom. The van der Waals surface area contributed by atoms with Crippen molar-refractivity contribution in [3.8, 4) is 0 Å². The largest absolute Gasteiger partial charge is 0.384 e. The molecular formula is C22H22N4O. The summed E-state index contributed by atoms with van der Waals surface area (Å²) in [6.45, 7) is 0. The molecule has 136 valence electrons. The SMILES string of the molecule is O=C(CCC1=CNC2C=CC=CC12)Nc1cccc(Nc2ccncc2)c1. The molecule has 0 spiro atoms. The second kappa shape index (κ2) is 7.91. The molecule has 0 fully saturated rings. The van der Waals surface area contributed by atoms with Gasteiger partial charge < -0.3 is 16.0 Å². The second-order valence-electron chi connectivity index (χ2n) is 6.70. The van der Waals surface area contributed by atoms with Gasteiger partial charge in [0.15, 0.2) is 0 Å². The van der Waals surface area contributed by atoms with Crippen LogP contribution >= 0.6 is 0 Å². The third-order valence-electron chi connectivity index (χ3n) is 4.78. The summed E-state index contributed by atoms with van der Waals surface area (Å²) in [5, 5.41) is 9.66. The van der Waals surface area contributed by atoms with E-state index >= 15 is 0 Å². The number of nitrogens with one attached hydrogen (secondary N) is 3. The number of benzene rings is 1. The average molecular weight is 358 g/mol. The second-order valence-corrected chi connectivity index (χ2v) is 6.70. The van der Waals surface area contributed by atoms with E-state index in [1.165, 1.54) is 5.57 Å². The van der Waals surface area contributed by atoms with Crippen LogP contribution in [0, 0.1) is 5.92 Å². The summed E-state index contributed by atoms with van der Waals surface area (Å²) in [5.74, 6) is 0.395. The van der Waals surface area contributed by atoms with Crippen LogP contribution in [-0.2, 0) is 4.79 Å². The summed E-state index contributed by atoms with van der Waals surface area (Å²) < 4.78 is 0. The van der Waals surface area contributed by atoms with Crippen molar-refractivity contribution in [1.29, 1.82) is 0 Å². The monoisotopic (exact) mass is 358 g/mol. The van der Waals surface area contributed by atoms with Crippen LogP contribution in [0.1, 0.15) is 12.8 Å². The van der Waals surface area contributed by atoms with E-state index in [-0.39, 0.29) is 5.91 Å². The number of carbonyl (C=O) groups excluding carboxylic acids is 1. The molecule has 1 aliphatic carbocycles. The summed E-state index contributed by atoms with van der Waals surface area (Å²) in [4.78, 5) is 16.4. The van der Waals surface area contributed by atoms with E-state index in [1.807, 2.05) is 36.4 Å². The number of amides is 1. The van der Waals surface area contributed by atoms with Crippen molar-refractivity contribution in [2.45, 2.75) is 18.9 Å². The number of allylic oxidation sites excluding steroid dienone is 2. The first-order chi connectivity index (χ1) is 13.3. The standard InChI is InChI=1S/C22H22N4O/c27-22(9-8-16-15-24-21-7-2-1-6-20(16)21)26-19-5-3-4-18(14-19)25-17-10-12-23-13-11-17/h1-7,10-15,20-21,24H,8-9H2,(H,23,25)(H,26,27). The van der Waals surface area contributed by atoms with Crippen LogP contribution in [0.3, 0.4) is 0 Å². The molecule has 5 heteroatoms. The fraction of sp³-hybridized carbons (Fsp3) is 0.182. The van der Waals surface area contributed by atoms with E-state index in [1.54, 1.807) is 12.4 Å². The third kappa shape index (κ3) is 4.26. The smallest absolute Gasteiger partial charge is 0.224 e. The Hall–Kier alpha value is -3.34. The molecule has 1 aromatic heterocycles. The van der Waals surface area contributed by atoms with E-state index < -0.39 is 0 Å². The number of pyridine rings is 1. The van der Waals surface area contributed by atoms with Crippen LogP contribution in [0.15, 0.2) is 84.9 Å². The minimum Gasteiger partial charge on any atom is -0.384 e. The molecule has 0 radical (unpaired) electrons. The van der Waals surface area contributed by atoms with Gasteiger partial charge in [0.1, 0.15) is 0 Å². The van der Waals surface area contributed by atoms with Crippen molar-refractivity contribution in [2.75, 3.05) is 10.6 Å². The van der Waals surface area contributed by atoms with E-state index in [2.05, 4.69) is 51.4 Å². The lowest BCUT2D eigenvalue weighted by atomic mass is 9.89. The Labute approximate surface area is 158 Å². The highest BCUT2D eigenvalue weighted by atomic mass is 16.1. The summed E-state index contributed by atoms with van der Waals surface area (Å²) in [6, 6.07) is 11.9. The molecule has 0 saturated carbocycles. The summed E-state index contributed by atoms with van der Waals surface area (Å²) in [6.07, 6.45) is 15.3. The molecule has 2 aliphatic rings. The molecule has 2 heterocycles. The van der Waals surface area contributed by atoms with E-state index in [9.17, 15) is 4.79 Å². The van der Waals surface area contributed by atoms with E-state index in [4.69, 9.17) is 0 Å². The Bertz CT molecular complexity index is 902. The first-order valence-corrected chi connectivity index (χ1v) is 9.15. The lowest BCUT2D eigenvalue weighted by molar-refractivity contribution is -0.116. The van der Waals surface area contributed by atoms with Crippen molar-refractivity contribution in [3.05, 3.63) is 84.9 Å². The van der Waals surface area contributed by atoms with Gasteiger partial charge in [0.05, 0.1) is 6.04 Å². The maximum Gasteiger partial charge on any atom is 0.224 e. The molecule has 2 aromatic rings. The van der Waals surface area contributed by atoms with Crippen molar-refractivity contribution < 1.29 is 4.79 Å². The van der Waals surface area contributed by atoms with E-state index in [0.717, 1.165) is 23.5 Å². The lowest BCUT2D eigenvalue weighted by Crippen LogP contribution is -2.25. The van der Waals surface area contributed by atoms with Crippen molar-refractivity contribution >= 4 is 23.0 Å². The molecule has 2 atom stereocenters. The highest BCUT2D eigenvalue weighted by Gasteiger charge is 2.26. The first-order valence-electron chi connectivity index (χ1n) is 9.15. The number of rotatable bonds is 6. The number of nitrogens with zero attached hydrogens (tertiary/aromatic N) is 1. The number of fused-ring (bicyclic) bond motifs is 1. The van der Waals surface area contributed by atoms with Crippen LogP contribution in [0.4, 0.5) is 17.1 Å². The van der Waals surface area contributed by atoms with Gasteiger partial charge in [0.2, 0.25) is 5.91 Å². The fourth-order valence-corrected chi connectivity index (χ4v) is 3.42. The summed E-state index contributed by atoms with van der Waals surface area (Å²) in [7, 11) is 0. The number of aromatic nitrogens is 1. The molecule has 1 aliphatic heterocycles. The minimum absolute atomic E-state index is 0.0238. The lowest BCUT2D eigenvalue weighted by Gasteiger charge is -2.18. The molecule has 27 heavy (non-hydrogen) atoms. The van der Waals surface area contributed by atoms with Crippen LogP contribution < -0.4 is 16.0 Å². The van der Waals surface area contributed by atoms with E-state index in [0.29, 0.717) is 18.4 Å². The fourth-order valence-electron chi connectivity index (χ4n) is 3.42. The van der Waals surface area contributed by atoms with Gasteiger partial charge in [-0.2, -0.15) is 0 Å². The highest BCUT2D eigenvalue weighted by Crippen LogP contribution is 2.29. The Morgan fingerprint density at radius 1 is 1.04 bits per heavy atom. The first kappa shape index (κ1) is 17.1. The Kier molecular flexibility index (Phi) is 5.01. The maximum absolute atomic E-state index is 12.4. The minimum atomic E-state index is 0.0238. The Balaban J connectivity index is 1.31. The zero-order valence-electron chi connectivity index (χ0n) is 14.9. The van der Waals surface area contributed by atoms with Crippen LogP contribution in [0.2, 0.25) is 0 Å².